The maximum atomic E-state index is 6.00. The second-order valence-corrected chi connectivity index (χ2v) is 5.06. The minimum atomic E-state index is 0.344. The van der Waals surface area contributed by atoms with Crippen molar-refractivity contribution in [3.05, 3.63) is 17.5 Å². The Morgan fingerprint density at radius 2 is 2.29 bits per heavy atom. The Hall–Kier alpha value is -0.870. The summed E-state index contributed by atoms with van der Waals surface area (Å²) in [5, 5.41) is 4.44. The summed E-state index contributed by atoms with van der Waals surface area (Å²) in [7, 11) is 1.98. The van der Waals surface area contributed by atoms with Crippen LogP contribution in [0.15, 0.2) is 6.20 Å². The van der Waals surface area contributed by atoms with Gasteiger partial charge in [0.2, 0.25) is 0 Å². The van der Waals surface area contributed by atoms with Gasteiger partial charge in [-0.15, -0.1) is 0 Å². The summed E-state index contributed by atoms with van der Waals surface area (Å²) in [6, 6.07) is 1.10. The van der Waals surface area contributed by atoms with Crippen LogP contribution < -0.4 is 5.73 Å². The normalized spacial score (nSPS) is 17.7. The zero-order valence-corrected chi connectivity index (χ0v) is 11.2. The smallest absolute Gasteiger partial charge is 0.0641 e. The Morgan fingerprint density at radius 1 is 1.59 bits per heavy atom. The van der Waals surface area contributed by atoms with Crippen molar-refractivity contribution in [3.63, 3.8) is 0 Å². The topological polar surface area (TPSA) is 47.1 Å². The van der Waals surface area contributed by atoms with Crippen molar-refractivity contribution in [3.8, 4) is 0 Å². The van der Waals surface area contributed by atoms with Gasteiger partial charge in [-0.1, -0.05) is 6.92 Å². The number of rotatable bonds is 6. The van der Waals surface area contributed by atoms with Gasteiger partial charge in [0.1, 0.15) is 0 Å². The number of nitrogens with two attached hydrogens (primary N) is 1. The molecule has 96 valence electrons. The quantitative estimate of drug-likeness (QED) is 0.816. The molecule has 1 saturated carbocycles. The van der Waals surface area contributed by atoms with Crippen molar-refractivity contribution in [1.82, 2.24) is 14.7 Å². The molecule has 1 aromatic rings. The molecule has 0 spiro atoms. The second-order valence-electron chi connectivity index (χ2n) is 5.06. The van der Waals surface area contributed by atoms with E-state index in [1.807, 2.05) is 11.7 Å². The van der Waals surface area contributed by atoms with Crippen molar-refractivity contribution in [2.75, 3.05) is 13.1 Å². The molecule has 0 saturated heterocycles. The molecular formula is C13H24N4. The van der Waals surface area contributed by atoms with Gasteiger partial charge >= 0.3 is 0 Å². The van der Waals surface area contributed by atoms with Gasteiger partial charge in [-0.2, -0.15) is 5.10 Å². The summed E-state index contributed by atoms with van der Waals surface area (Å²) in [4.78, 5) is 2.57. The van der Waals surface area contributed by atoms with Crippen LogP contribution >= 0.6 is 0 Å². The maximum Gasteiger partial charge on any atom is 0.0641 e. The van der Waals surface area contributed by atoms with Gasteiger partial charge in [0, 0.05) is 31.4 Å². The minimum Gasteiger partial charge on any atom is -0.329 e. The highest BCUT2D eigenvalue weighted by Crippen LogP contribution is 2.34. The first-order chi connectivity index (χ1) is 8.17. The molecule has 0 aromatic carbocycles. The van der Waals surface area contributed by atoms with Crippen molar-refractivity contribution in [2.45, 2.75) is 45.2 Å². The van der Waals surface area contributed by atoms with Gasteiger partial charge < -0.3 is 5.73 Å². The van der Waals surface area contributed by atoms with E-state index in [2.05, 4.69) is 30.0 Å². The third kappa shape index (κ3) is 2.69. The highest BCUT2D eigenvalue weighted by atomic mass is 15.3. The van der Waals surface area contributed by atoms with Crippen molar-refractivity contribution in [1.29, 1.82) is 0 Å². The van der Waals surface area contributed by atoms with Gasteiger partial charge in [0.25, 0.3) is 0 Å². The molecule has 1 aliphatic rings. The molecule has 0 amide bonds. The fourth-order valence-electron chi connectivity index (χ4n) is 2.64. The molecular weight excluding hydrogens is 212 g/mol. The predicted octanol–water partition coefficient (Wildman–Crippen LogP) is 1.60. The van der Waals surface area contributed by atoms with E-state index in [-0.39, 0.29) is 0 Å². The van der Waals surface area contributed by atoms with Crippen LogP contribution in [0, 0.1) is 6.92 Å². The number of hydrogen-bond acceptors (Lipinski definition) is 3. The second kappa shape index (κ2) is 5.19. The molecule has 4 nitrogen and oxygen atoms in total. The molecule has 4 heteroatoms. The summed E-state index contributed by atoms with van der Waals surface area (Å²) in [5.74, 6) is 0. The monoisotopic (exact) mass is 236 g/mol. The molecule has 1 aliphatic carbocycles. The molecule has 2 N–H and O–H groups in total. The van der Waals surface area contributed by atoms with Crippen LogP contribution in [0.3, 0.4) is 0 Å². The van der Waals surface area contributed by atoms with E-state index >= 15 is 0 Å². The third-order valence-electron chi connectivity index (χ3n) is 3.53. The molecule has 2 rings (SSSR count). The number of aryl methyl sites for hydroxylation is 2. The van der Waals surface area contributed by atoms with Crippen LogP contribution in [0.2, 0.25) is 0 Å². The van der Waals surface area contributed by atoms with Gasteiger partial charge in [-0.3, -0.25) is 9.58 Å². The molecule has 1 heterocycles. The summed E-state index contributed by atoms with van der Waals surface area (Å²) < 4.78 is 1.89. The Morgan fingerprint density at radius 3 is 2.71 bits per heavy atom. The predicted molar refractivity (Wildman–Crippen MR) is 69.8 cm³/mol. The molecule has 1 fully saturated rings. The highest BCUT2D eigenvalue weighted by molar-refractivity contribution is 5.21. The Kier molecular flexibility index (Phi) is 3.84. The van der Waals surface area contributed by atoms with Crippen LogP contribution in [0.4, 0.5) is 0 Å². The lowest BCUT2D eigenvalue weighted by atomic mass is 10.1. The molecule has 1 aromatic heterocycles. The lowest BCUT2D eigenvalue weighted by Gasteiger charge is -2.30. The van der Waals surface area contributed by atoms with E-state index in [0.717, 1.165) is 18.3 Å². The Balaban J connectivity index is 2.21. The van der Waals surface area contributed by atoms with Crippen molar-refractivity contribution >= 4 is 0 Å². The van der Waals surface area contributed by atoms with Gasteiger partial charge in [0.05, 0.1) is 11.7 Å². The molecule has 1 atom stereocenters. The summed E-state index contributed by atoms with van der Waals surface area (Å²) in [6.07, 6.45) is 5.97. The Labute approximate surface area is 104 Å². The molecule has 0 aliphatic heterocycles. The first-order valence-electron chi connectivity index (χ1n) is 6.63. The number of aromatic nitrogens is 2. The zero-order chi connectivity index (χ0) is 12.4. The number of hydrogen-bond donors (Lipinski definition) is 1. The third-order valence-corrected chi connectivity index (χ3v) is 3.53. The maximum absolute atomic E-state index is 6.00. The van der Waals surface area contributed by atoms with Crippen LogP contribution in [-0.4, -0.2) is 33.8 Å². The van der Waals surface area contributed by atoms with Crippen molar-refractivity contribution < 1.29 is 0 Å². The minimum absolute atomic E-state index is 0.344. The van der Waals surface area contributed by atoms with Crippen LogP contribution in [0.25, 0.3) is 0 Å². The van der Waals surface area contributed by atoms with E-state index in [4.69, 9.17) is 5.73 Å². The van der Waals surface area contributed by atoms with Crippen molar-refractivity contribution in [2.24, 2.45) is 12.8 Å². The zero-order valence-electron chi connectivity index (χ0n) is 11.2. The molecule has 1 unspecified atom stereocenters. The fraction of sp³-hybridized carbons (Fsp3) is 0.769. The molecule has 0 bridgehead atoms. The highest BCUT2D eigenvalue weighted by Gasteiger charge is 2.34. The van der Waals surface area contributed by atoms with E-state index in [1.54, 1.807) is 0 Å². The Bertz CT molecular complexity index is 367. The standard InChI is InChI=1S/C13H24N4/c1-4-7-17(11-5-6-11)13(8-14)12-9-16(3)15-10(12)2/h9,11,13H,4-8,14H2,1-3H3. The van der Waals surface area contributed by atoms with Crippen LogP contribution in [0.1, 0.15) is 43.5 Å². The van der Waals surface area contributed by atoms with Crippen LogP contribution in [-0.2, 0) is 7.05 Å². The largest absolute Gasteiger partial charge is 0.329 e. The lowest BCUT2D eigenvalue weighted by molar-refractivity contribution is 0.191. The summed E-state index contributed by atoms with van der Waals surface area (Å²) >= 11 is 0. The lowest BCUT2D eigenvalue weighted by Crippen LogP contribution is -2.36. The summed E-state index contributed by atoms with van der Waals surface area (Å²) in [5.41, 5.74) is 8.42. The molecule has 0 radical (unpaired) electrons. The van der Waals surface area contributed by atoms with Gasteiger partial charge in [0.15, 0.2) is 0 Å². The number of nitrogens with zero attached hydrogens (tertiary/aromatic N) is 3. The van der Waals surface area contributed by atoms with Crippen LogP contribution in [0.5, 0.6) is 0 Å². The average molecular weight is 236 g/mol. The summed E-state index contributed by atoms with van der Waals surface area (Å²) in [6.45, 7) is 6.14. The average Bonchev–Trinajstić information content (AvgIpc) is 3.06. The fourth-order valence-corrected chi connectivity index (χ4v) is 2.64. The van der Waals surface area contributed by atoms with Gasteiger partial charge in [-0.25, -0.2) is 0 Å². The van der Waals surface area contributed by atoms with E-state index in [1.165, 1.54) is 24.8 Å². The first kappa shape index (κ1) is 12.6. The van der Waals surface area contributed by atoms with E-state index in [0.29, 0.717) is 12.6 Å². The SMILES string of the molecule is CCCN(C1CC1)C(CN)c1cn(C)nc1C. The van der Waals surface area contributed by atoms with E-state index < -0.39 is 0 Å². The van der Waals surface area contributed by atoms with Gasteiger partial charge in [-0.05, 0) is 32.7 Å². The first-order valence-corrected chi connectivity index (χ1v) is 6.63. The molecule has 17 heavy (non-hydrogen) atoms. The van der Waals surface area contributed by atoms with E-state index in [9.17, 15) is 0 Å².